The van der Waals surface area contributed by atoms with Crippen molar-refractivity contribution in [1.82, 2.24) is 14.5 Å². The molecule has 2 aliphatic rings. The molecule has 35 heavy (non-hydrogen) atoms. The van der Waals surface area contributed by atoms with Crippen LogP contribution < -0.4 is 10.3 Å². The third-order valence-electron chi connectivity index (χ3n) is 7.10. The van der Waals surface area contributed by atoms with Crippen LogP contribution in [0.1, 0.15) is 54.4 Å². The van der Waals surface area contributed by atoms with Crippen molar-refractivity contribution in [3.8, 4) is 22.9 Å². The molecule has 5 aromatic rings. The number of methoxy groups -OCH3 is 1. The Morgan fingerprint density at radius 1 is 1.14 bits per heavy atom. The Morgan fingerprint density at radius 2 is 1.94 bits per heavy atom. The van der Waals surface area contributed by atoms with E-state index in [-0.39, 0.29) is 12.1 Å². The summed E-state index contributed by atoms with van der Waals surface area (Å²) in [7, 11) is 1.66. The van der Waals surface area contributed by atoms with E-state index >= 15 is 0 Å². The van der Waals surface area contributed by atoms with Crippen LogP contribution in [0.3, 0.4) is 0 Å². The topological polar surface area (TPSA) is 90.4 Å². The molecular formula is C27H23N3O4S. The van der Waals surface area contributed by atoms with Gasteiger partial charge in [-0.15, -0.1) is 11.3 Å². The van der Waals surface area contributed by atoms with E-state index in [0.29, 0.717) is 39.4 Å². The van der Waals surface area contributed by atoms with Crippen LogP contribution in [0.15, 0.2) is 52.1 Å². The highest BCUT2D eigenvalue weighted by atomic mass is 32.1. The molecule has 0 saturated heterocycles. The lowest BCUT2D eigenvalue weighted by molar-refractivity contribution is 0.414. The van der Waals surface area contributed by atoms with Crippen molar-refractivity contribution in [2.75, 3.05) is 7.11 Å². The number of thiophene rings is 1. The molecule has 2 fully saturated rings. The predicted octanol–water partition coefficient (Wildman–Crippen LogP) is 5.78. The summed E-state index contributed by atoms with van der Waals surface area (Å²) in [5.74, 6) is 3.10. The summed E-state index contributed by atoms with van der Waals surface area (Å²) >= 11 is 1.39. The first-order valence-electron chi connectivity index (χ1n) is 11.9. The second-order valence-corrected chi connectivity index (χ2v) is 10.5. The summed E-state index contributed by atoms with van der Waals surface area (Å²) in [6, 6.07) is 9.89. The fraction of sp³-hybridized carbons (Fsp3) is 0.296. The van der Waals surface area contributed by atoms with Crippen LogP contribution in [0.4, 0.5) is 0 Å². The molecule has 0 radical (unpaired) electrons. The fourth-order valence-electron chi connectivity index (χ4n) is 4.98. The number of nitrogens with zero attached hydrogens (tertiary/aromatic N) is 3. The molecule has 0 spiro atoms. The van der Waals surface area contributed by atoms with Gasteiger partial charge in [-0.1, -0.05) is 12.1 Å². The van der Waals surface area contributed by atoms with Crippen molar-refractivity contribution in [1.29, 1.82) is 0 Å². The molecule has 2 aliphatic carbocycles. The largest absolute Gasteiger partial charge is 0.506 e. The zero-order chi connectivity index (χ0) is 23.7. The first-order chi connectivity index (χ1) is 17.1. The molecule has 1 N–H and O–H groups in total. The summed E-state index contributed by atoms with van der Waals surface area (Å²) in [5, 5.41) is 12.3. The quantitative estimate of drug-likeness (QED) is 0.328. The van der Waals surface area contributed by atoms with E-state index < -0.39 is 0 Å². The average Bonchev–Trinajstić information content (AvgIpc) is 3.80. The van der Waals surface area contributed by atoms with Gasteiger partial charge in [-0.2, -0.15) is 0 Å². The van der Waals surface area contributed by atoms with Crippen LogP contribution >= 0.6 is 11.3 Å². The number of hydrogen-bond acceptors (Lipinski definition) is 7. The molecule has 0 bridgehead atoms. The lowest BCUT2D eigenvalue weighted by Gasteiger charge is -2.15. The SMILES string of the molecule is COc1ccc(-c2nc3sc4c(O)c(C5CC5)ccc4c3c(=O)n2Cc2cnco2)c(C2CC2)c1. The highest BCUT2D eigenvalue weighted by molar-refractivity contribution is 7.25. The summed E-state index contributed by atoms with van der Waals surface area (Å²) < 4.78 is 13.4. The average molecular weight is 486 g/mol. The zero-order valence-electron chi connectivity index (χ0n) is 19.2. The Morgan fingerprint density at radius 3 is 2.66 bits per heavy atom. The van der Waals surface area contributed by atoms with Crippen LogP contribution in [0.5, 0.6) is 11.5 Å². The maximum Gasteiger partial charge on any atom is 0.263 e. The lowest BCUT2D eigenvalue weighted by atomic mass is 10.0. The van der Waals surface area contributed by atoms with Gasteiger partial charge in [0.2, 0.25) is 0 Å². The number of rotatable bonds is 6. The molecule has 7 rings (SSSR count). The molecule has 0 aliphatic heterocycles. The van der Waals surface area contributed by atoms with Crippen LogP contribution in [0.25, 0.3) is 31.7 Å². The molecule has 2 aromatic carbocycles. The van der Waals surface area contributed by atoms with E-state index in [9.17, 15) is 9.90 Å². The summed E-state index contributed by atoms with van der Waals surface area (Å²) in [6.07, 6.45) is 7.39. The Hall–Kier alpha value is -3.65. The van der Waals surface area contributed by atoms with Crippen LogP contribution in [-0.4, -0.2) is 26.8 Å². The smallest absolute Gasteiger partial charge is 0.263 e. The number of benzene rings is 2. The van der Waals surface area contributed by atoms with Gasteiger partial charge in [0, 0.05) is 10.9 Å². The van der Waals surface area contributed by atoms with Gasteiger partial charge >= 0.3 is 0 Å². The Balaban J connectivity index is 1.52. The highest BCUT2D eigenvalue weighted by Gasteiger charge is 2.31. The molecule has 0 atom stereocenters. The van der Waals surface area contributed by atoms with E-state index in [1.165, 1.54) is 17.7 Å². The normalized spacial score (nSPS) is 15.8. The number of ether oxygens (including phenoxy) is 1. The molecule has 7 nitrogen and oxygen atoms in total. The fourth-order valence-corrected chi connectivity index (χ4v) is 6.10. The standard InChI is InChI=1S/C27H23N3O4S/c1-33-16-6-7-19(21(10-16)15-4-5-15)25-29-26-22(27(32)30(25)12-17-11-28-13-34-17)20-9-8-18(14-2-3-14)23(31)24(20)35-26/h6-11,13-15,31H,2-5,12H2,1H3. The van der Waals surface area contributed by atoms with Gasteiger partial charge in [0.25, 0.3) is 5.56 Å². The van der Waals surface area contributed by atoms with E-state index in [4.69, 9.17) is 14.1 Å². The van der Waals surface area contributed by atoms with E-state index in [1.807, 2.05) is 24.3 Å². The minimum Gasteiger partial charge on any atom is -0.506 e. The number of hydrogen-bond donors (Lipinski definition) is 1. The summed E-state index contributed by atoms with van der Waals surface area (Å²) in [6.45, 7) is 0.219. The minimum atomic E-state index is -0.149. The molecule has 2 saturated carbocycles. The van der Waals surface area contributed by atoms with Gasteiger partial charge in [-0.25, -0.2) is 9.97 Å². The highest BCUT2D eigenvalue weighted by Crippen LogP contribution is 2.49. The van der Waals surface area contributed by atoms with E-state index in [2.05, 4.69) is 11.1 Å². The lowest BCUT2D eigenvalue weighted by Crippen LogP contribution is -2.24. The monoisotopic (exact) mass is 485 g/mol. The molecule has 3 aromatic heterocycles. The molecular weight excluding hydrogens is 462 g/mol. The van der Waals surface area contributed by atoms with Crippen molar-refractivity contribution < 1.29 is 14.3 Å². The number of oxazole rings is 1. The van der Waals surface area contributed by atoms with Crippen molar-refractivity contribution in [2.24, 2.45) is 0 Å². The predicted molar refractivity (Wildman–Crippen MR) is 135 cm³/mol. The summed E-state index contributed by atoms with van der Waals surface area (Å²) in [4.78, 5) is 23.8. The number of fused-ring (bicyclic) bond motifs is 3. The first-order valence-corrected chi connectivity index (χ1v) is 12.7. The van der Waals surface area contributed by atoms with Gasteiger partial charge < -0.3 is 14.3 Å². The van der Waals surface area contributed by atoms with Crippen molar-refractivity contribution in [2.45, 2.75) is 44.1 Å². The van der Waals surface area contributed by atoms with Crippen LogP contribution in [0, 0.1) is 0 Å². The molecule has 176 valence electrons. The third kappa shape index (κ3) is 3.35. The number of aromatic hydroxyl groups is 1. The Kier molecular flexibility index (Phi) is 4.54. The number of phenols is 1. The molecule has 0 unspecified atom stereocenters. The third-order valence-corrected chi connectivity index (χ3v) is 8.20. The minimum absolute atomic E-state index is 0.149. The van der Waals surface area contributed by atoms with Crippen molar-refractivity contribution in [3.63, 3.8) is 0 Å². The van der Waals surface area contributed by atoms with Crippen LogP contribution in [0.2, 0.25) is 0 Å². The zero-order valence-corrected chi connectivity index (χ0v) is 20.0. The number of aromatic nitrogens is 3. The van der Waals surface area contributed by atoms with Gasteiger partial charge in [0.15, 0.2) is 6.39 Å². The maximum atomic E-state index is 14.0. The molecule has 8 heteroatoms. The second-order valence-electron chi connectivity index (χ2n) is 9.46. The summed E-state index contributed by atoms with van der Waals surface area (Å²) in [5.41, 5.74) is 2.88. The Labute approximate surface area is 204 Å². The van der Waals surface area contributed by atoms with Gasteiger partial charge in [-0.05, 0) is 66.8 Å². The maximum absolute atomic E-state index is 14.0. The van der Waals surface area contributed by atoms with Crippen molar-refractivity contribution in [3.05, 3.63) is 70.2 Å². The van der Waals surface area contributed by atoms with Gasteiger partial charge in [0.05, 0.1) is 29.9 Å². The first kappa shape index (κ1) is 20.7. The molecule has 0 amide bonds. The molecule has 3 heterocycles. The van der Waals surface area contributed by atoms with Gasteiger partial charge in [-0.3, -0.25) is 9.36 Å². The Bertz CT molecular complexity index is 1660. The van der Waals surface area contributed by atoms with E-state index in [1.54, 1.807) is 17.9 Å². The number of phenolic OH excluding ortho intramolecular Hbond substituents is 1. The second kappa shape index (κ2) is 7.68. The van der Waals surface area contributed by atoms with Gasteiger partial charge in [0.1, 0.15) is 27.9 Å². The van der Waals surface area contributed by atoms with Crippen LogP contribution in [-0.2, 0) is 6.54 Å². The van der Waals surface area contributed by atoms with Crippen molar-refractivity contribution >= 4 is 31.6 Å². The van der Waals surface area contributed by atoms with E-state index in [0.717, 1.165) is 58.2 Å².